The standard InChI is InChI=1S/C30H38N2O2S/c1-7-9-13-25-26(8-2)35-28(31-25)22-17-20(3)18-24-27-23(19-34-29(22)33)21(4)12-10-11-15-32(27)16-14-30(24,5)6/h7,9,13,17-18,21H,1,3,8,10-12,14-16,19H2,2,4-6H3/b13-9-,22-17-,24-18+,27-23-. The normalized spacial score (nSPS) is 28.2. The van der Waals surface area contributed by atoms with Crippen molar-refractivity contribution in [3.63, 3.8) is 0 Å². The van der Waals surface area contributed by atoms with E-state index in [2.05, 4.69) is 51.8 Å². The predicted molar refractivity (Wildman–Crippen MR) is 147 cm³/mol. The van der Waals surface area contributed by atoms with Crippen LogP contribution in [-0.2, 0) is 16.0 Å². The number of allylic oxidation sites excluding steroid dienone is 6. The van der Waals surface area contributed by atoms with Crippen molar-refractivity contribution in [1.82, 2.24) is 9.88 Å². The summed E-state index contributed by atoms with van der Waals surface area (Å²) < 4.78 is 6.04. The molecule has 3 aliphatic heterocycles. The number of carbonyl (C=O) groups excluding carboxylic acids is 1. The van der Waals surface area contributed by atoms with Crippen molar-refractivity contribution in [2.45, 2.75) is 59.8 Å². The molecule has 0 N–H and O–H groups in total. The lowest BCUT2D eigenvalue weighted by Crippen LogP contribution is -2.41. The van der Waals surface area contributed by atoms with E-state index in [0.717, 1.165) is 48.5 Å². The van der Waals surface area contributed by atoms with Gasteiger partial charge in [-0.05, 0) is 72.0 Å². The number of hydrogen-bond acceptors (Lipinski definition) is 5. The first kappa shape index (κ1) is 25.4. The van der Waals surface area contributed by atoms with Gasteiger partial charge in [0, 0.05) is 23.7 Å². The van der Waals surface area contributed by atoms with Gasteiger partial charge in [0.25, 0.3) is 0 Å². The van der Waals surface area contributed by atoms with Gasteiger partial charge in [-0.25, -0.2) is 9.78 Å². The zero-order chi connectivity index (χ0) is 25.2. The number of piperidine rings is 1. The average Bonchev–Trinajstić information content (AvgIpc) is 3.23. The van der Waals surface area contributed by atoms with E-state index in [1.807, 2.05) is 18.2 Å². The molecule has 0 saturated carbocycles. The van der Waals surface area contributed by atoms with Gasteiger partial charge in [0.2, 0.25) is 0 Å². The Hall–Kier alpha value is -2.66. The van der Waals surface area contributed by atoms with Gasteiger partial charge < -0.3 is 9.64 Å². The van der Waals surface area contributed by atoms with Crippen molar-refractivity contribution in [2.24, 2.45) is 11.3 Å². The highest BCUT2D eigenvalue weighted by molar-refractivity contribution is 7.13. The summed E-state index contributed by atoms with van der Waals surface area (Å²) >= 11 is 1.55. The van der Waals surface area contributed by atoms with Gasteiger partial charge in [-0.15, -0.1) is 11.3 Å². The number of cyclic esters (lactones) is 1. The maximum Gasteiger partial charge on any atom is 0.341 e. The summed E-state index contributed by atoms with van der Waals surface area (Å²) in [7, 11) is 0. The molecule has 3 aliphatic rings. The number of hydrogen-bond donors (Lipinski definition) is 0. The van der Waals surface area contributed by atoms with Gasteiger partial charge in [0.1, 0.15) is 11.6 Å². The summed E-state index contributed by atoms with van der Waals surface area (Å²) in [5.41, 5.74) is 6.04. The Labute approximate surface area is 214 Å². The summed E-state index contributed by atoms with van der Waals surface area (Å²) in [5.74, 6) is 0.0304. The highest BCUT2D eigenvalue weighted by Gasteiger charge is 2.38. The van der Waals surface area contributed by atoms with Crippen molar-refractivity contribution >= 4 is 29.0 Å². The van der Waals surface area contributed by atoms with Crippen LogP contribution in [0.5, 0.6) is 0 Å². The number of nitrogens with zero attached hydrogens (tertiary/aromatic N) is 2. The number of thiazole rings is 1. The number of aryl methyl sites for hydroxylation is 1. The topological polar surface area (TPSA) is 42.4 Å². The molecule has 5 heteroatoms. The molecule has 1 aromatic rings. The zero-order valence-corrected chi connectivity index (χ0v) is 22.5. The first-order chi connectivity index (χ1) is 16.7. The molecular weight excluding hydrogens is 452 g/mol. The molecule has 1 atom stereocenters. The third-order valence-corrected chi connectivity index (χ3v) is 8.68. The second-order valence-corrected chi connectivity index (χ2v) is 11.5. The molecule has 1 aromatic heterocycles. The molecule has 4 rings (SSSR count). The highest BCUT2D eigenvalue weighted by Crippen LogP contribution is 2.46. The molecule has 35 heavy (non-hydrogen) atoms. The number of carbonyl (C=O) groups is 1. The molecule has 1 unspecified atom stereocenters. The van der Waals surface area contributed by atoms with Crippen LogP contribution in [0.1, 0.15) is 69.0 Å². The van der Waals surface area contributed by atoms with E-state index in [1.165, 1.54) is 29.7 Å². The SMILES string of the molecule is C=C/C=C\c1nc(/C2=C/C(=C)/C=C3\C4=C(/COC2=O)C(C)CCCCN4CCC3(C)C)sc1CC. The summed E-state index contributed by atoms with van der Waals surface area (Å²) in [6.07, 6.45) is 15.1. The minimum absolute atomic E-state index is 0.0232. The van der Waals surface area contributed by atoms with E-state index in [0.29, 0.717) is 23.1 Å². The smallest absolute Gasteiger partial charge is 0.341 e. The Kier molecular flexibility index (Phi) is 7.65. The fourth-order valence-corrected chi connectivity index (χ4v) is 6.24. The lowest BCUT2D eigenvalue weighted by atomic mass is 9.72. The first-order valence-corrected chi connectivity index (χ1v) is 13.6. The van der Waals surface area contributed by atoms with Crippen LogP contribution < -0.4 is 0 Å². The van der Waals surface area contributed by atoms with Crippen molar-refractivity contribution in [2.75, 3.05) is 19.7 Å². The van der Waals surface area contributed by atoms with Crippen LogP contribution in [0.2, 0.25) is 0 Å². The van der Waals surface area contributed by atoms with Gasteiger partial charge in [0.15, 0.2) is 0 Å². The molecule has 0 radical (unpaired) electrons. The van der Waals surface area contributed by atoms with Gasteiger partial charge in [-0.3, -0.25) is 0 Å². The highest BCUT2D eigenvalue weighted by atomic mass is 32.1. The van der Waals surface area contributed by atoms with Crippen LogP contribution in [0.3, 0.4) is 0 Å². The molecule has 0 aliphatic carbocycles. The number of rotatable bonds is 4. The Bertz CT molecular complexity index is 1150. The average molecular weight is 491 g/mol. The molecular formula is C30H38N2O2S. The monoisotopic (exact) mass is 490 g/mol. The van der Waals surface area contributed by atoms with Crippen LogP contribution in [0.15, 0.2) is 59.9 Å². The van der Waals surface area contributed by atoms with Gasteiger partial charge in [-0.1, -0.05) is 59.4 Å². The number of esters is 1. The van der Waals surface area contributed by atoms with Crippen molar-refractivity contribution in [3.8, 4) is 0 Å². The van der Waals surface area contributed by atoms with Crippen LogP contribution in [-0.4, -0.2) is 35.5 Å². The van der Waals surface area contributed by atoms with Crippen LogP contribution in [0.25, 0.3) is 11.6 Å². The zero-order valence-electron chi connectivity index (χ0n) is 21.7. The van der Waals surface area contributed by atoms with Gasteiger partial charge >= 0.3 is 5.97 Å². The third-order valence-electron chi connectivity index (χ3n) is 7.43. The Morgan fingerprint density at radius 3 is 2.83 bits per heavy atom. The van der Waals surface area contributed by atoms with Crippen molar-refractivity contribution < 1.29 is 9.53 Å². The first-order valence-electron chi connectivity index (χ1n) is 12.8. The fraction of sp³-hybridized carbons (Fsp3) is 0.467. The molecule has 0 aromatic carbocycles. The van der Waals surface area contributed by atoms with E-state index in [4.69, 9.17) is 9.72 Å². The van der Waals surface area contributed by atoms with Crippen LogP contribution >= 0.6 is 11.3 Å². The third kappa shape index (κ3) is 5.30. The molecule has 0 amide bonds. The van der Waals surface area contributed by atoms with E-state index < -0.39 is 0 Å². The van der Waals surface area contributed by atoms with E-state index in [1.54, 1.807) is 17.4 Å². The quantitative estimate of drug-likeness (QED) is 0.332. The minimum atomic E-state index is -0.331. The Balaban J connectivity index is 1.84. The molecule has 4 nitrogen and oxygen atoms in total. The van der Waals surface area contributed by atoms with E-state index in [-0.39, 0.29) is 11.4 Å². The largest absolute Gasteiger partial charge is 0.457 e. The second kappa shape index (κ2) is 10.5. The summed E-state index contributed by atoms with van der Waals surface area (Å²) in [4.78, 5) is 21.9. The van der Waals surface area contributed by atoms with E-state index in [9.17, 15) is 4.79 Å². The minimum Gasteiger partial charge on any atom is -0.457 e. The van der Waals surface area contributed by atoms with Crippen molar-refractivity contribution in [3.05, 3.63) is 75.5 Å². The summed E-state index contributed by atoms with van der Waals surface area (Å²) in [5, 5.41) is 0.681. The second-order valence-electron chi connectivity index (χ2n) is 10.4. The lowest BCUT2D eigenvalue weighted by molar-refractivity contribution is -0.135. The Morgan fingerprint density at radius 1 is 1.29 bits per heavy atom. The summed E-state index contributed by atoms with van der Waals surface area (Å²) in [6.45, 7) is 19.6. The van der Waals surface area contributed by atoms with Crippen LogP contribution in [0.4, 0.5) is 0 Å². The molecule has 0 bridgehead atoms. The van der Waals surface area contributed by atoms with Crippen LogP contribution in [0, 0.1) is 11.3 Å². The molecule has 4 heterocycles. The molecule has 1 saturated heterocycles. The molecule has 0 spiro atoms. The Morgan fingerprint density at radius 2 is 2.09 bits per heavy atom. The number of aromatic nitrogens is 1. The predicted octanol–water partition coefficient (Wildman–Crippen LogP) is 7.13. The van der Waals surface area contributed by atoms with Gasteiger partial charge in [-0.2, -0.15) is 0 Å². The lowest BCUT2D eigenvalue weighted by Gasteiger charge is -2.46. The maximum atomic E-state index is 13.5. The molecule has 186 valence electrons. The maximum absolute atomic E-state index is 13.5. The summed E-state index contributed by atoms with van der Waals surface area (Å²) in [6, 6.07) is 0. The van der Waals surface area contributed by atoms with E-state index >= 15 is 0 Å². The van der Waals surface area contributed by atoms with Crippen molar-refractivity contribution in [1.29, 1.82) is 0 Å². The molecule has 1 fully saturated rings. The van der Waals surface area contributed by atoms with Gasteiger partial charge in [0.05, 0.1) is 11.3 Å². The number of ether oxygens (including phenoxy) is 1. The fourth-order valence-electron chi connectivity index (χ4n) is 5.25.